The van der Waals surface area contributed by atoms with Gasteiger partial charge in [-0.25, -0.2) is 14.5 Å². The van der Waals surface area contributed by atoms with Gasteiger partial charge in [-0.3, -0.25) is 4.79 Å². The maximum atomic E-state index is 12.5. The van der Waals surface area contributed by atoms with Crippen LogP contribution in [-0.4, -0.2) is 57.7 Å². The molecule has 0 radical (unpaired) electrons. The number of carbonyl (C=O) groups is 1. The Hall–Kier alpha value is -3.19. The van der Waals surface area contributed by atoms with Gasteiger partial charge in [0.25, 0.3) is 0 Å². The van der Waals surface area contributed by atoms with E-state index in [2.05, 4.69) is 53.5 Å². The molecule has 1 N–H and O–H groups in total. The van der Waals surface area contributed by atoms with E-state index >= 15 is 0 Å². The summed E-state index contributed by atoms with van der Waals surface area (Å²) in [5, 5.41) is 6.92. The maximum absolute atomic E-state index is 12.5. The van der Waals surface area contributed by atoms with Crippen molar-refractivity contribution in [3.8, 4) is 16.8 Å². The fourth-order valence-electron chi connectivity index (χ4n) is 4.75. The van der Waals surface area contributed by atoms with Crippen LogP contribution >= 0.6 is 0 Å². The summed E-state index contributed by atoms with van der Waals surface area (Å²) in [7, 11) is 4.13. The van der Waals surface area contributed by atoms with Gasteiger partial charge in [0, 0.05) is 32.0 Å². The van der Waals surface area contributed by atoms with Crippen LogP contribution in [0.5, 0.6) is 0 Å². The molecular weight excluding hydrogens is 414 g/mol. The molecule has 2 heterocycles. The lowest BCUT2D eigenvalue weighted by Gasteiger charge is -2.16. The molecule has 7 nitrogen and oxygen atoms in total. The zero-order valence-corrected chi connectivity index (χ0v) is 19.3. The van der Waals surface area contributed by atoms with E-state index in [9.17, 15) is 9.59 Å². The fraction of sp³-hybridized carbons (Fsp3) is 0.423. The van der Waals surface area contributed by atoms with Crippen molar-refractivity contribution < 1.29 is 4.79 Å². The predicted molar refractivity (Wildman–Crippen MR) is 128 cm³/mol. The second-order valence-corrected chi connectivity index (χ2v) is 9.68. The van der Waals surface area contributed by atoms with Gasteiger partial charge in [0.15, 0.2) is 0 Å². The van der Waals surface area contributed by atoms with E-state index in [4.69, 9.17) is 0 Å². The highest BCUT2D eigenvalue weighted by Gasteiger charge is 2.36. The molecule has 1 atom stereocenters. The van der Waals surface area contributed by atoms with Crippen molar-refractivity contribution >= 4 is 5.91 Å². The van der Waals surface area contributed by atoms with Gasteiger partial charge in [0.2, 0.25) is 5.91 Å². The van der Waals surface area contributed by atoms with Crippen molar-refractivity contribution in [1.82, 2.24) is 24.6 Å². The number of H-pyrrole nitrogens is 1. The number of rotatable bonds is 7. The number of nitrogens with zero attached hydrogens (tertiary/aromatic N) is 4. The lowest BCUT2D eigenvalue weighted by molar-refractivity contribution is -0.131. The van der Waals surface area contributed by atoms with Crippen molar-refractivity contribution in [2.24, 2.45) is 11.8 Å². The Labute approximate surface area is 194 Å². The Balaban J connectivity index is 1.29. The number of hydrogen-bond donors (Lipinski definition) is 1. The van der Waals surface area contributed by atoms with E-state index in [1.807, 2.05) is 29.2 Å². The number of aromatic amines is 1. The number of benzene rings is 2. The summed E-state index contributed by atoms with van der Waals surface area (Å²) in [5.74, 6) is 1.63. The van der Waals surface area contributed by atoms with E-state index in [1.54, 1.807) is 4.57 Å². The van der Waals surface area contributed by atoms with Gasteiger partial charge < -0.3 is 9.80 Å². The molecule has 5 rings (SSSR count). The molecule has 7 heteroatoms. The van der Waals surface area contributed by atoms with Crippen molar-refractivity contribution in [3.63, 3.8) is 0 Å². The standard InChI is InChI=1S/C26H31N5O2/c1-29(2)16-18-3-5-20(6-4-18)21-9-11-23(12-10-21)31-24(27-28-26(31)33)15-19-13-14-30(17-19)25(32)22-7-8-22/h3-6,9-12,19,22H,7-8,13-17H2,1-2H3,(H,28,33)/t19-/m0/s1. The van der Waals surface area contributed by atoms with Crippen LogP contribution in [0.15, 0.2) is 53.3 Å². The Morgan fingerprint density at radius 3 is 2.33 bits per heavy atom. The number of amides is 1. The van der Waals surface area contributed by atoms with Crippen LogP contribution in [0, 0.1) is 11.8 Å². The van der Waals surface area contributed by atoms with Gasteiger partial charge in [0.1, 0.15) is 5.82 Å². The van der Waals surface area contributed by atoms with E-state index < -0.39 is 0 Å². The highest BCUT2D eigenvalue weighted by Crippen LogP contribution is 2.33. The average molecular weight is 446 g/mol. The molecule has 1 aromatic heterocycles. The third kappa shape index (κ3) is 4.78. The molecule has 1 saturated heterocycles. The molecule has 1 saturated carbocycles. The number of aromatic nitrogens is 3. The quantitative estimate of drug-likeness (QED) is 0.607. The third-order valence-electron chi connectivity index (χ3n) is 6.65. The fourth-order valence-corrected chi connectivity index (χ4v) is 4.75. The zero-order valence-electron chi connectivity index (χ0n) is 19.3. The van der Waals surface area contributed by atoms with Crippen LogP contribution in [0.4, 0.5) is 0 Å². The van der Waals surface area contributed by atoms with Gasteiger partial charge in [-0.05, 0) is 68.1 Å². The Bertz CT molecular complexity index is 1170. The first-order valence-electron chi connectivity index (χ1n) is 11.8. The maximum Gasteiger partial charge on any atom is 0.347 e. The first kappa shape index (κ1) is 21.6. The summed E-state index contributed by atoms with van der Waals surface area (Å²) in [4.78, 5) is 29.0. The van der Waals surface area contributed by atoms with Crippen molar-refractivity contribution in [2.75, 3.05) is 27.2 Å². The zero-order chi connectivity index (χ0) is 22.9. The average Bonchev–Trinajstić information content (AvgIpc) is 3.45. The molecule has 1 aliphatic heterocycles. The summed E-state index contributed by atoms with van der Waals surface area (Å²) in [6, 6.07) is 16.6. The van der Waals surface area contributed by atoms with Crippen molar-refractivity contribution in [2.45, 2.75) is 32.2 Å². The first-order valence-corrected chi connectivity index (χ1v) is 11.8. The number of hydrogen-bond acceptors (Lipinski definition) is 4. The summed E-state index contributed by atoms with van der Waals surface area (Å²) in [6.45, 7) is 2.49. The Morgan fingerprint density at radius 1 is 1.03 bits per heavy atom. The van der Waals surface area contributed by atoms with Gasteiger partial charge in [0.05, 0.1) is 5.69 Å². The minimum Gasteiger partial charge on any atom is -0.342 e. The number of carbonyl (C=O) groups excluding carboxylic acids is 1. The Kier molecular flexibility index (Phi) is 5.89. The highest BCUT2D eigenvalue weighted by atomic mass is 16.2. The van der Waals surface area contributed by atoms with Crippen LogP contribution in [0.2, 0.25) is 0 Å². The second-order valence-electron chi connectivity index (χ2n) is 9.68. The second kappa shape index (κ2) is 8.98. The topological polar surface area (TPSA) is 74.2 Å². The van der Waals surface area contributed by atoms with Gasteiger partial charge in [-0.15, -0.1) is 0 Å². The normalized spacial score (nSPS) is 18.3. The molecule has 1 amide bonds. The third-order valence-corrected chi connectivity index (χ3v) is 6.65. The molecule has 0 bridgehead atoms. The predicted octanol–water partition coefficient (Wildman–Crippen LogP) is 3.09. The lowest BCUT2D eigenvalue weighted by Crippen LogP contribution is -2.30. The summed E-state index contributed by atoms with van der Waals surface area (Å²) < 4.78 is 1.66. The molecule has 0 unspecified atom stereocenters. The van der Waals surface area contributed by atoms with Gasteiger partial charge in [-0.1, -0.05) is 36.4 Å². The minimum absolute atomic E-state index is 0.227. The van der Waals surface area contributed by atoms with Crippen LogP contribution < -0.4 is 5.69 Å². The van der Waals surface area contributed by atoms with E-state index in [0.717, 1.165) is 61.5 Å². The molecule has 33 heavy (non-hydrogen) atoms. The van der Waals surface area contributed by atoms with Gasteiger partial charge in [-0.2, -0.15) is 5.10 Å². The minimum atomic E-state index is -0.227. The molecule has 2 fully saturated rings. The number of likely N-dealkylation sites (tertiary alicyclic amines) is 1. The van der Waals surface area contributed by atoms with Crippen LogP contribution in [0.1, 0.15) is 30.7 Å². The molecular formula is C26H31N5O2. The van der Waals surface area contributed by atoms with Crippen LogP contribution in [-0.2, 0) is 17.8 Å². The van der Waals surface area contributed by atoms with E-state index in [0.29, 0.717) is 18.2 Å². The van der Waals surface area contributed by atoms with Gasteiger partial charge >= 0.3 is 5.69 Å². The summed E-state index contributed by atoms with van der Waals surface area (Å²) in [5.41, 5.74) is 4.11. The van der Waals surface area contributed by atoms with E-state index in [-0.39, 0.29) is 11.6 Å². The number of nitrogens with one attached hydrogen (secondary N) is 1. The monoisotopic (exact) mass is 445 g/mol. The van der Waals surface area contributed by atoms with Crippen molar-refractivity contribution in [1.29, 1.82) is 0 Å². The molecule has 2 aromatic carbocycles. The molecule has 3 aromatic rings. The molecule has 0 spiro atoms. The summed E-state index contributed by atoms with van der Waals surface area (Å²) in [6.07, 6.45) is 3.72. The van der Waals surface area contributed by atoms with Crippen molar-refractivity contribution in [3.05, 3.63) is 70.4 Å². The molecule has 172 valence electrons. The van der Waals surface area contributed by atoms with Crippen LogP contribution in [0.3, 0.4) is 0 Å². The molecule has 2 aliphatic rings. The SMILES string of the molecule is CN(C)Cc1ccc(-c2ccc(-n3c(C[C@@H]4CCN(C(=O)C5CC5)C4)n[nH]c3=O)cc2)cc1. The van der Waals surface area contributed by atoms with E-state index in [1.165, 1.54) is 5.56 Å². The lowest BCUT2D eigenvalue weighted by atomic mass is 10.0. The molecule has 1 aliphatic carbocycles. The highest BCUT2D eigenvalue weighted by molar-refractivity contribution is 5.81. The summed E-state index contributed by atoms with van der Waals surface area (Å²) >= 11 is 0. The first-order chi connectivity index (χ1) is 16.0. The Morgan fingerprint density at radius 2 is 1.70 bits per heavy atom. The van der Waals surface area contributed by atoms with Crippen LogP contribution in [0.25, 0.3) is 16.8 Å². The largest absolute Gasteiger partial charge is 0.347 e. The smallest absolute Gasteiger partial charge is 0.342 e.